The summed E-state index contributed by atoms with van der Waals surface area (Å²) in [5.74, 6) is 1.18. The predicted octanol–water partition coefficient (Wildman–Crippen LogP) is 7.20. The summed E-state index contributed by atoms with van der Waals surface area (Å²) < 4.78 is 31.8. The number of hydrogen-bond donors (Lipinski definition) is 1. The normalized spacial score (nSPS) is 26.4. The zero-order valence-electron chi connectivity index (χ0n) is 31.4. The number of hydrogen-bond acceptors (Lipinski definition) is 12. The molecule has 14 heteroatoms. The number of nitrogens with one attached hydrogen (secondary N) is 1. The van der Waals surface area contributed by atoms with Gasteiger partial charge in [-0.05, 0) is 116 Å². The minimum atomic E-state index is -0.649. The lowest BCUT2D eigenvalue weighted by atomic mass is 9.43. The summed E-state index contributed by atoms with van der Waals surface area (Å²) in [7, 11) is -0.476. The number of nitrogens with zero attached hydrogens (tertiary/aromatic N) is 3. The maximum absolute atomic E-state index is 13.5. The highest BCUT2D eigenvalue weighted by molar-refractivity contribution is 8.02. The Morgan fingerprint density at radius 1 is 1.10 bits per heavy atom. The van der Waals surface area contributed by atoms with Crippen LogP contribution in [0, 0.1) is 24.2 Å². The molecule has 3 unspecified atom stereocenters. The van der Waals surface area contributed by atoms with Crippen LogP contribution < -0.4 is 10.1 Å². The number of carbonyl (C=O) groups excluding carboxylic acids is 2. The van der Waals surface area contributed by atoms with Crippen molar-refractivity contribution in [3.8, 4) is 5.75 Å². The van der Waals surface area contributed by atoms with Crippen molar-refractivity contribution in [2.45, 2.75) is 134 Å². The first-order valence-electron chi connectivity index (χ1n) is 17.8. The highest BCUT2D eigenvalue weighted by Gasteiger charge is 2.68. The zero-order chi connectivity index (χ0) is 36.4. The lowest BCUT2D eigenvalue weighted by Crippen LogP contribution is -2.65. The van der Waals surface area contributed by atoms with Crippen molar-refractivity contribution in [3.63, 3.8) is 0 Å². The molecule has 2 aliphatic heterocycles. The Morgan fingerprint density at radius 3 is 2.44 bits per heavy atom. The van der Waals surface area contributed by atoms with Crippen LogP contribution in [-0.2, 0) is 25.2 Å². The van der Waals surface area contributed by atoms with E-state index in [9.17, 15) is 9.59 Å². The molecule has 3 heterocycles. The zero-order valence-corrected chi connectivity index (χ0v) is 33.0. The third-order valence-electron chi connectivity index (χ3n) is 10.7. The van der Waals surface area contributed by atoms with Crippen molar-refractivity contribution in [2.24, 2.45) is 17.3 Å². The lowest BCUT2D eigenvalue weighted by molar-refractivity contribution is -0.199. The monoisotopic (exact) mass is 728 g/mol. The first-order valence-corrected chi connectivity index (χ1v) is 19.5. The van der Waals surface area contributed by atoms with Crippen LogP contribution in [0.5, 0.6) is 5.75 Å². The number of likely N-dealkylation sites (tertiary alicyclic amines) is 1. The van der Waals surface area contributed by atoms with Gasteiger partial charge in [0.2, 0.25) is 5.13 Å². The Labute approximate surface area is 305 Å². The maximum atomic E-state index is 13.5. The lowest BCUT2D eigenvalue weighted by Gasteiger charge is -2.64. The molecule has 1 N–H and O–H groups in total. The fourth-order valence-electron chi connectivity index (χ4n) is 7.94. The van der Waals surface area contributed by atoms with E-state index in [-0.39, 0.29) is 34.4 Å². The van der Waals surface area contributed by atoms with E-state index < -0.39 is 24.3 Å². The molecular formula is C36H53BN4O7S2. The number of aromatic nitrogens is 2. The van der Waals surface area contributed by atoms with Gasteiger partial charge in [-0.2, -0.15) is 0 Å². The molecule has 3 saturated carbocycles. The number of benzene rings is 1. The molecule has 1 aromatic carbocycles. The van der Waals surface area contributed by atoms with Crippen LogP contribution >= 0.6 is 23.1 Å². The van der Waals surface area contributed by atoms with Gasteiger partial charge in [0.15, 0.2) is 4.34 Å². The fraction of sp³-hybridized carbons (Fsp3) is 0.722. The number of amides is 1. The molecule has 50 heavy (non-hydrogen) atoms. The molecule has 2 aromatic rings. The predicted molar refractivity (Wildman–Crippen MR) is 196 cm³/mol. The van der Waals surface area contributed by atoms with Crippen LogP contribution in [0.25, 0.3) is 0 Å². The molecule has 3 aliphatic carbocycles. The summed E-state index contributed by atoms with van der Waals surface area (Å²) >= 11 is 3.07. The van der Waals surface area contributed by atoms with Gasteiger partial charge in [-0.15, -0.1) is 10.2 Å². The first kappa shape index (κ1) is 37.2. The van der Waals surface area contributed by atoms with Gasteiger partial charge in [0.05, 0.1) is 29.5 Å². The van der Waals surface area contributed by atoms with Gasteiger partial charge < -0.3 is 33.7 Å². The Morgan fingerprint density at radius 2 is 1.80 bits per heavy atom. The summed E-state index contributed by atoms with van der Waals surface area (Å²) in [6, 6.07) is 3.97. The molecule has 5 aliphatic rings. The third kappa shape index (κ3) is 7.50. The number of anilines is 1. The highest BCUT2D eigenvalue weighted by atomic mass is 32.2. The van der Waals surface area contributed by atoms with E-state index in [1.807, 2.05) is 67.5 Å². The van der Waals surface area contributed by atoms with E-state index in [1.165, 1.54) is 17.8 Å². The van der Waals surface area contributed by atoms with Gasteiger partial charge in [-0.25, -0.2) is 9.59 Å². The SMILES string of the molecule is CCOc1ccc(C[C@H](Sc2nnc(NC3CN(C(=O)OC(C)(C)C)C3)s2)B2OC3CC4CC(C4(C)C)[C@]3(C)O2)c(C)c1C(=O)OC(C)(C)C. The van der Waals surface area contributed by atoms with Crippen LogP contribution in [0.1, 0.15) is 104 Å². The molecule has 2 bridgehead atoms. The fourth-order valence-corrected chi connectivity index (χ4v) is 10.1. The summed E-state index contributed by atoms with van der Waals surface area (Å²) in [6.07, 6.45) is 2.46. The molecule has 7 rings (SSSR count). The van der Waals surface area contributed by atoms with E-state index >= 15 is 0 Å². The molecular weight excluding hydrogens is 675 g/mol. The second kappa shape index (κ2) is 13.5. The molecule has 0 spiro atoms. The Balaban J connectivity index is 1.22. The topological polar surface area (TPSA) is 121 Å². The van der Waals surface area contributed by atoms with Crippen LogP contribution in [0.15, 0.2) is 16.5 Å². The van der Waals surface area contributed by atoms with Crippen LogP contribution in [0.2, 0.25) is 0 Å². The average Bonchev–Trinajstić information content (AvgIpc) is 3.56. The molecule has 2 saturated heterocycles. The summed E-state index contributed by atoms with van der Waals surface area (Å²) in [5, 5.41) is 12.9. The van der Waals surface area contributed by atoms with Crippen molar-refractivity contribution >= 4 is 47.4 Å². The van der Waals surface area contributed by atoms with Gasteiger partial charge >= 0.3 is 19.2 Å². The van der Waals surface area contributed by atoms with Gasteiger partial charge in [0.25, 0.3) is 0 Å². The quantitative estimate of drug-likeness (QED) is 0.152. The molecule has 11 nitrogen and oxygen atoms in total. The maximum Gasteiger partial charge on any atom is 0.472 e. The van der Waals surface area contributed by atoms with E-state index in [0.717, 1.165) is 21.9 Å². The van der Waals surface area contributed by atoms with Crippen molar-refractivity contribution in [1.82, 2.24) is 15.1 Å². The second-order valence-corrected chi connectivity index (χ2v) is 19.4. The summed E-state index contributed by atoms with van der Waals surface area (Å²) in [4.78, 5) is 27.6. The van der Waals surface area contributed by atoms with E-state index in [0.29, 0.717) is 54.4 Å². The third-order valence-corrected chi connectivity index (χ3v) is 12.8. The minimum Gasteiger partial charge on any atom is -0.493 e. The van der Waals surface area contributed by atoms with Crippen LogP contribution in [-0.4, -0.2) is 88.1 Å². The van der Waals surface area contributed by atoms with Crippen LogP contribution in [0.4, 0.5) is 9.93 Å². The van der Waals surface area contributed by atoms with E-state index in [1.54, 1.807) is 16.7 Å². The van der Waals surface area contributed by atoms with E-state index in [4.69, 9.17) is 23.5 Å². The minimum absolute atomic E-state index is 0.0318. The summed E-state index contributed by atoms with van der Waals surface area (Å²) in [5.41, 5.74) is 0.933. The van der Waals surface area contributed by atoms with Gasteiger partial charge in [0.1, 0.15) is 22.5 Å². The molecule has 274 valence electrons. The van der Waals surface area contributed by atoms with Gasteiger partial charge in [0, 0.05) is 13.1 Å². The molecule has 0 radical (unpaired) electrons. The Kier molecular flexibility index (Phi) is 10.0. The largest absolute Gasteiger partial charge is 0.493 e. The van der Waals surface area contributed by atoms with Crippen molar-refractivity contribution in [3.05, 3.63) is 28.8 Å². The summed E-state index contributed by atoms with van der Waals surface area (Å²) in [6.45, 7) is 23.5. The van der Waals surface area contributed by atoms with Crippen molar-refractivity contribution < 1.29 is 33.1 Å². The van der Waals surface area contributed by atoms with Crippen molar-refractivity contribution in [1.29, 1.82) is 0 Å². The van der Waals surface area contributed by atoms with Gasteiger partial charge in [-0.3, -0.25) is 0 Å². The Bertz CT molecular complexity index is 1600. The van der Waals surface area contributed by atoms with E-state index in [2.05, 4.69) is 36.3 Å². The standard InChI is InChI=1S/C36H53BN4O7S2/c1-12-44-24-14-13-21(20(2)28(24)29(42)45-33(3,4)5)15-27(37-47-26-17-22-16-25(35(22,9)10)36(26,11)48-37)49-31-40-39-30(50-31)38-23-18-41(19-23)32(43)46-34(6,7)8/h13-14,22-23,25-27H,12,15-19H2,1-11H3,(H,38,39)/t22?,25?,26?,27-,36-/m0/s1. The van der Waals surface area contributed by atoms with Gasteiger partial charge in [-0.1, -0.05) is 43.0 Å². The van der Waals surface area contributed by atoms with Crippen molar-refractivity contribution in [2.75, 3.05) is 25.0 Å². The number of esters is 1. The molecule has 1 amide bonds. The number of carbonyl (C=O) groups is 2. The Hall–Kier alpha value is -2.55. The average molecular weight is 729 g/mol. The number of rotatable bonds is 10. The van der Waals surface area contributed by atoms with Crippen LogP contribution in [0.3, 0.4) is 0 Å². The highest BCUT2D eigenvalue weighted by Crippen LogP contribution is 2.66. The smallest absolute Gasteiger partial charge is 0.472 e. The second-order valence-electron chi connectivity index (χ2n) is 17.0. The molecule has 5 atom stereocenters. The number of ether oxygens (including phenoxy) is 3. The molecule has 1 aromatic heterocycles. The molecule has 5 fully saturated rings. The number of thioether (sulfide) groups is 1. The first-order chi connectivity index (χ1) is 23.3.